The Bertz CT molecular complexity index is 884. The predicted molar refractivity (Wildman–Crippen MR) is 102 cm³/mol. The third kappa shape index (κ3) is 4.51. The molecule has 8 heteroatoms. The summed E-state index contributed by atoms with van der Waals surface area (Å²) in [6, 6.07) is 8.32. The van der Waals surface area contributed by atoms with Crippen LogP contribution in [0.2, 0.25) is 0 Å². The number of nitrogens with zero attached hydrogens (tertiary/aromatic N) is 1. The van der Waals surface area contributed by atoms with Gasteiger partial charge in [0.2, 0.25) is 0 Å². The Labute approximate surface area is 162 Å². The van der Waals surface area contributed by atoms with E-state index in [1.807, 2.05) is 6.07 Å². The smallest absolute Gasteiger partial charge is 0.339 e. The van der Waals surface area contributed by atoms with Crippen LogP contribution in [0.3, 0.4) is 0 Å². The van der Waals surface area contributed by atoms with Crippen molar-refractivity contribution in [2.45, 2.75) is 32.7 Å². The zero-order valence-electron chi connectivity index (χ0n) is 15.7. The van der Waals surface area contributed by atoms with Crippen molar-refractivity contribution in [1.29, 1.82) is 0 Å². The molecular weight excluding hydrogens is 362 g/mol. The maximum absolute atomic E-state index is 12.3. The van der Waals surface area contributed by atoms with E-state index < -0.39 is 11.9 Å². The molecule has 3 rings (SSSR count). The predicted octanol–water partition coefficient (Wildman–Crippen LogP) is 3.10. The van der Waals surface area contributed by atoms with Gasteiger partial charge in [0, 0.05) is 37.8 Å². The first-order chi connectivity index (χ1) is 13.5. The summed E-state index contributed by atoms with van der Waals surface area (Å²) >= 11 is 0. The fraction of sp³-hybridized carbons (Fsp3) is 0.350. The number of hydrogen-bond acceptors (Lipinski definition) is 4. The van der Waals surface area contributed by atoms with Crippen LogP contribution >= 0.6 is 0 Å². The van der Waals surface area contributed by atoms with E-state index in [0.717, 1.165) is 31.5 Å². The highest BCUT2D eigenvalue weighted by molar-refractivity contribution is 5.96. The summed E-state index contributed by atoms with van der Waals surface area (Å²) in [5.74, 6) is -1.38. The number of aryl methyl sites for hydroxylation is 1. The molecule has 1 aliphatic rings. The molecule has 1 aromatic carbocycles. The third-order valence-electron chi connectivity index (χ3n) is 4.61. The normalized spacial score (nSPS) is 13.4. The molecule has 1 aromatic heterocycles. The monoisotopic (exact) mass is 385 g/mol. The number of carbonyl (C=O) groups excluding carboxylic acids is 2. The van der Waals surface area contributed by atoms with Crippen LogP contribution in [0.15, 0.2) is 34.7 Å². The molecule has 0 atom stereocenters. The number of rotatable bonds is 6. The van der Waals surface area contributed by atoms with Crippen LogP contribution in [0.4, 0.5) is 10.5 Å². The Morgan fingerprint density at radius 2 is 1.93 bits per heavy atom. The van der Waals surface area contributed by atoms with Gasteiger partial charge >= 0.3 is 12.0 Å². The summed E-state index contributed by atoms with van der Waals surface area (Å²) in [5, 5.41) is 14.7. The lowest BCUT2D eigenvalue weighted by atomic mass is 10.2. The van der Waals surface area contributed by atoms with Crippen LogP contribution in [0.25, 0.3) is 0 Å². The van der Waals surface area contributed by atoms with E-state index in [4.69, 9.17) is 9.52 Å². The molecule has 0 unspecified atom stereocenters. The van der Waals surface area contributed by atoms with Gasteiger partial charge in [-0.2, -0.15) is 0 Å². The second-order valence-corrected chi connectivity index (χ2v) is 6.61. The summed E-state index contributed by atoms with van der Waals surface area (Å²) in [6.07, 6.45) is 2.43. The van der Waals surface area contributed by atoms with E-state index in [9.17, 15) is 14.4 Å². The number of likely N-dealkylation sites (tertiary alicyclic amines) is 1. The van der Waals surface area contributed by atoms with E-state index in [1.54, 1.807) is 30.0 Å². The van der Waals surface area contributed by atoms with Crippen molar-refractivity contribution in [2.24, 2.45) is 0 Å². The molecule has 148 valence electrons. The number of carbonyl (C=O) groups is 3. The van der Waals surface area contributed by atoms with Crippen molar-refractivity contribution in [3.05, 3.63) is 53.0 Å². The first kappa shape index (κ1) is 19.5. The third-order valence-corrected chi connectivity index (χ3v) is 4.61. The second-order valence-electron chi connectivity index (χ2n) is 6.61. The van der Waals surface area contributed by atoms with E-state index in [0.29, 0.717) is 12.1 Å². The molecular formula is C20H23N3O5. The van der Waals surface area contributed by atoms with Crippen molar-refractivity contribution in [1.82, 2.24) is 10.2 Å². The lowest BCUT2D eigenvalue weighted by molar-refractivity contribution is 0.0694. The molecule has 1 saturated heterocycles. The standard InChI is InChI=1S/C20H23N3O5/c1-2-16-15(19(25)26)11-17(28-16)18(24)21-12-13-6-5-7-14(10-13)22-20(27)23-8-3-4-9-23/h5-7,10-11H,2-4,8-9,12H2,1H3,(H,21,24)(H,22,27)(H,25,26). The SMILES string of the molecule is CCc1oc(C(=O)NCc2cccc(NC(=O)N3CCCC3)c2)cc1C(=O)O. The first-order valence-electron chi connectivity index (χ1n) is 9.27. The van der Waals surface area contributed by atoms with Crippen molar-refractivity contribution in [3.8, 4) is 0 Å². The maximum Gasteiger partial charge on any atom is 0.339 e. The van der Waals surface area contributed by atoms with Gasteiger partial charge in [0.05, 0.1) is 0 Å². The number of carboxylic acids is 1. The Balaban J connectivity index is 1.60. The maximum atomic E-state index is 12.3. The summed E-state index contributed by atoms with van der Waals surface area (Å²) < 4.78 is 5.35. The molecule has 0 radical (unpaired) electrons. The Kier molecular flexibility index (Phi) is 5.98. The van der Waals surface area contributed by atoms with Crippen molar-refractivity contribution >= 4 is 23.6 Å². The number of amides is 3. The molecule has 2 heterocycles. The number of nitrogens with one attached hydrogen (secondary N) is 2. The van der Waals surface area contributed by atoms with Gasteiger partial charge < -0.3 is 25.1 Å². The molecule has 0 bridgehead atoms. The van der Waals surface area contributed by atoms with E-state index in [2.05, 4.69) is 10.6 Å². The van der Waals surface area contributed by atoms with Gasteiger partial charge in [-0.1, -0.05) is 19.1 Å². The quantitative estimate of drug-likeness (QED) is 0.707. The molecule has 8 nitrogen and oxygen atoms in total. The minimum Gasteiger partial charge on any atom is -0.478 e. The summed E-state index contributed by atoms with van der Waals surface area (Å²) in [4.78, 5) is 37.4. The van der Waals surface area contributed by atoms with Gasteiger partial charge in [0.1, 0.15) is 11.3 Å². The molecule has 0 aliphatic carbocycles. The van der Waals surface area contributed by atoms with Gasteiger partial charge in [-0.05, 0) is 30.5 Å². The molecule has 0 saturated carbocycles. The average molecular weight is 385 g/mol. The van der Waals surface area contributed by atoms with Crippen LogP contribution in [0.5, 0.6) is 0 Å². The lowest BCUT2D eigenvalue weighted by Crippen LogP contribution is -2.32. The molecule has 2 aromatic rings. The fourth-order valence-corrected chi connectivity index (χ4v) is 3.14. The zero-order valence-corrected chi connectivity index (χ0v) is 15.7. The van der Waals surface area contributed by atoms with E-state index in [-0.39, 0.29) is 29.7 Å². The van der Waals surface area contributed by atoms with Crippen LogP contribution in [-0.2, 0) is 13.0 Å². The van der Waals surface area contributed by atoms with Crippen LogP contribution in [0.1, 0.15) is 52.0 Å². The van der Waals surface area contributed by atoms with Gasteiger partial charge in [0.25, 0.3) is 5.91 Å². The largest absolute Gasteiger partial charge is 0.478 e. The zero-order chi connectivity index (χ0) is 20.1. The minimum atomic E-state index is -1.12. The number of urea groups is 1. The van der Waals surface area contributed by atoms with Gasteiger partial charge in [-0.15, -0.1) is 0 Å². The van der Waals surface area contributed by atoms with Gasteiger partial charge in [-0.3, -0.25) is 4.79 Å². The van der Waals surface area contributed by atoms with Gasteiger partial charge in [0.15, 0.2) is 5.76 Å². The Morgan fingerprint density at radius 1 is 1.18 bits per heavy atom. The topological polar surface area (TPSA) is 112 Å². The summed E-state index contributed by atoms with van der Waals surface area (Å²) in [7, 11) is 0. The van der Waals surface area contributed by atoms with Crippen LogP contribution < -0.4 is 10.6 Å². The Hall–Kier alpha value is -3.29. The van der Waals surface area contributed by atoms with Crippen LogP contribution in [-0.4, -0.2) is 41.0 Å². The number of benzene rings is 1. The minimum absolute atomic E-state index is 0.000674. The van der Waals surface area contributed by atoms with E-state index in [1.165, 1.54) is 6.07 Å². The second kappa shape index (κ2) is 8.60. The number of carboxylic acid groups (broad SMARTS) is 1. The summed E-state index contributed by atoms with van der Waals surface area (Å²) in [6.45, 7) is 3.51. The summed E-state index contributed by atoms with van der Waals surface area (Å²) in [5.41, 5.74) is 1.45. The number of furan rings is 1. The number of aromatic carboxylic acids is 1. The molecule has 28 heavy (non-hydrogen) atoms. The molecule has 3 amide bonds. The fourth-order valence-electron chi connectivity index (χ4n) is 3.14. The highest BCUT2D eigenvalue weighted by atomic mass is 16.4. The van der Waals surface area contributed by atoms with Crippen molar-refractivity contribution < 1.29 is 23.9 Å². The molecule has 3 N–H and O–H groups in total. The molecule has 1 aliphatic heterocycles. The van der Waals surface area contributed by atoms with Gasteiger partial charge in [-0.25, -0.2) is 9.59 Å². The molecule has 0 spiro atoms. The van der Waals surface area contributed by atoms with Crippen LogP contribution in [0, 0.1) is 0 Å². The highest BCUT2D eigenvalue weighted by Gasteiger charge is 2.20. The van der Waals surface area contributed by atoms with E-state index >= 15 is 0 Å². The lowest BCUT2D eigenvalue weighted by Gasteiger charge is -2.16. The highest BCUT2D eigenvalue weighted by Crippen LogP contribution is 2.17. The Morgan fingerprint density at radius 3 is 2.57 bits per heavy atom. The van der Waals surface area contributed by atoms with Crippen molar-refractivity contribution in [2.75, 3.05) is 18.4 Å². The average Bonchev–Trinajstić information content (AvgIpc) is 3.36. The number of anilines is 1. The molecule has 1 fully saturated rings. The first-order valence-corrected chi connectivity index (χ1v) is 9.27. The number of hydrogen-bond donors (Lipinski definition) is 3. The van der Waals surface area contributed by atoms with Crippen molar-refractivity contribution in [3.63, 3.8) is 0 Å².